The second-order valence-corrected chi connectivity index (χ2v) is 14.4. The fraction of sp³-hybridized carbons (Fsp3) is 0.900. The monoisotopic (exact) mass is 440 g/mol. The number of aldehydes is 1. The standard InChI is InChI=1S/C30H48O2/c1-19(2)20-10-15-30(18-31)17-16-28(6)21(25(20)30)8-9-23-27(5)13-12-24(32)26(3,4)22(27)11-14-29(23,28)7/h18,20-25,32H,1,8-17H2,2-7H3/t20-,21?,22?,23?,24?,25?,27-,28+,29?,30?/m0/s1. The van der Waals surface area contributed by atoms with Crippen LogP contribution in [0.3, 0.4) is 0 Å². The number of rotatable bonds is 2. The fourth-order valence-electron chi connectivity index (χ4n) is 11.4. The van der Waals surface area contributed by atoms with E-state index in [2.05, 4.69) is 48.1 Å². The van der Waals surface area contributed by atoms with Gasteiger partial charge >= 0.3 is 0 Å². The molecule has 5 fully saturated rings. The molecule has 5 aliphatic rings. The van der Waals surface area contributed by atoms with E-state index in [9.17, 15) is 9.90 Å². The number of hydrogen-bond acceptors (Lipinski definition) is 2. The largest absolute Gasteiger partial charge is 0.393 e. The lowest BCUT2D eigenvalue weighted by Gasteiger charge is -2.72. The Balaban J connectivity index is 1.56. The minimum absolute atomic E-state index is 0.0157. The summed E-state index contributed by atoms with van der Waals surface area (Å²) in [5, 5.41) is 10.9. The molecule has 0 spiro atoms. The lowest BCUT2D eigenvalue weighted by molar-refractivity contribution is -0.245. The van der Waals surface area contributed by atoms with E-state index in [4.69, 9.17) is 0 Å². The third-order valence-electron chi connectivity index (χ3n) is 13.3. The summed E-state index contributed by atoms with van der Waals surface area (Å²) in [6.45, 7) is 19.2. The molecule has 7 unspecified atom stereocenters. The Labute approximate surface area is 197 Å². The van der Waals surface area contributed by atoms with Gasteiger partial charge in [-0.3, -0.25) is 0 Å². The summed E-state index contributed by atoms with van der Waals surface area (Å²) >= 11 is 0. The van der Waals surface area contributed by atoms with E-state index in [1.54, 1.807) is 0 Å². The van der Waals surface area contributed by atoms with Crippen LogP contribution in [0.2, 0.25) is 0 Å². The molecule has 10 atom stereocenters. The first-order valence-corrected chi connectivity index (χ1v) is 13.7. The third-order valence-corrected chi connectivity index (χ3v) is 13.3. The molecule has 0 aromatic heterocycles. The maximum absolute atomic E-state index is 12.6. The van der Waals surface area contributed by atoms with Gasteiger partial charge in [-0.05, 0) is 122 Å². The molecule has 5 aliphatic carbocycles. The smallest absolute Gasteiger partial charge is 0.126 e. The van der Waals surface area contributed by atoms with E-state index >= 15 is 0 Å². The molecule has 0 bridgehead atoms. The Morgan fingerprint density at radius 3 is 2.22 bits per heavy atom. The van der Waals surface area contributed by atoms with Crippen molar-refractivity contribution in [3.05, 3.63) is 12.2 Å². The zero-order valence-electron chi connectivity index (χ0n) is 21.7. The van der Waals surface area contributed by atoms with Gasteiger partial charge in [0, 0.05) is 5.41 Å². The number of hydrogen-bond donors (Lipinski definition) is 1. The highest BCUT2D eigenvalue weighted by Gasteiger charge is 2.70. The van der Waals surface area contributed by atoms with Crippen molar-refractivity contribution in [1.29, 1.82) is 0 Å². The zero-order chi connectivity index (χ0) is 23.3. The van der Waals surface area contributed by atoms with Crippen molar-refractivity contribution < 1.29 is 9.90 Å². The average Bonchev–Trinajstić information content (AvgIpc) is 3.12. The van der Waals surface area contributed by atoms with Crippen LogP contribution in [0.1, 0.15) is 106 Å². The summed E-state index contributed by atoms with van der Waals surface area (Å²) < 4.78 is 0. The van der Waals surface area contributed by atoms with Crippen LogP contribution in [0.25, 0.3) is 0 Å². The quantitative estimate of drug-likeness (QED) is 0.364. The minimum atomic E-state index is -0.158. The van der Waals surface area contributed by atoms with E-state index in [1.165, 1.54) is 50.4 Å². The van der Waals surface area contributed by atoms with Crippen LogP contribution in [0.15, 0.2) is 12.2 Å². The van der Waals surface area contributed by atoms with Crippen LogP contribution in [-0.2, 0) is 4.79 Å². The van der Waals surface area contributed by atoms with E-state index in [0.717, 1.165) is 31.6 Å². The molecule has 0 amide bonds. The van der Waals surface area contributed by atoms with Crippen molar-refractivity contribution in [2.24, 2.45) is 56.7 Å². The second kappa shape index (κ2) is 6.96. The van der Waals surface area contributed by atoms with Crippen molar-refractivity contribution >= 4 is 6.29 Å². The topological polar surface area (TPSA) is 37.3 Å². The van der Waals surface area contributed by atoms with Gasteiger partial charge in [-0.15, -0.1) is 0 Å². The molecular formula is C30H48O2. The fourth-order valence-corrected chi connectivity index (χ4v) is 11.4. The van der Waals surface area contributed by atoms with E-state index in [-0.39, 0.29) is 16.9 Å². The summed E-state index contributed by atoms with van der Waals surface area (Å²) in [5.41, 5.74) is 2.20. The number of carbonyl (C=O) groups is 1. The third kappa shape index (κ3) is 2.60. The minimum Gasteiger partial charge on any atom is -0.393 e. The molecule has 0 aromatic carbocycles. The molecule has 5 saturated carbocycles. The first-order valence-electron chi connectivity index (χ1n) is 13.7. The highest BCUT2D eigenvalue weighted by Crippen LogP contribution is 2.77. The zero-order valence-corrected chi connectivity index (χ0v) is 21.7. The van der Waals surface area contributed by atoms with E-state index in [0.29, 0.717) is 39.9 Å². The van der Waals surface area contributed by atoms with Crippen molar-refractivity contribution in [3.8, 4) is 0 Å². The average molecular weight is 441 g/mol. The Hall–Kier alpha value is -0.630. The predicted octanol–water partition coefficient (Wildman–Crippen LogP) is 7.20. The molecule has 2 nitrogen and oxygen atoms in total. The summed E-state index contributed by atoms with van der Waals surface area (Å²) in [6.07, 6.45) is 13.1. The molecule has 32 heavy (non-hydrogen) atoms. The summed E-state index contributed by atoms with van der Waals surface area (Å²) in [4.78, 5) is 12.6. The molecule has 0 aliphatic heterocycles. The molecule has 0 heterocycles. The Kier molecular flexibility index (Phi) is 5.03. The van der Waals surface area contributed by atoms with E-state index < -0.39 is 0 Å². The molecule has 180 valence electrons. The van der Waals surface area contributed by atoms with Crippen LogP contribution >= 0.6 is 0 Å². The first kappa shape index (κ1) is 23.1. The van der Waals surface area contributed by atoms with Crippen molar-refractivity contribution in [2.75, 3.05) is 0 Å². The molecule has 5 rings (SSSR count). The van der Waals surface area contributed by atoms with E-state index in [1.807, 2.05) is 0 Å². The normalized spacial score (nSPS) is 56.3. The summed E-state index contributed by atoms with van der Waals surface area (Å²) in [7, 11) is 0. The highest BCUT2D eigenvalue weighted by atomic mass is 16.3. The number of allylic oxidation sites excluding steroid dienone is 1. The molecule has 0 saturated heterocycles. The van der Waals surface area contributed by atoms with Crippen LogP contribution in [0, 0.1) is 56.7 Å². The van der Waals surface area contributed by atoms with Gasteiger partial charge in [-0.1, -0.05) is 46.8 Å². The van der Waals surface area contributed by atoms with Crippen LogP contribution in [0.4, 0.5) is 0 Å². The van der Waals surface area contributed by atoms with Crippen molar-refractivity contribution in [2.45, 2.75) is 112 Å². The van der Waals surface area contributed by atoms with Gasteiger partial charge in [0.05, 0.1) is 6.10 Å². The Bertz CT molecular complexity index is 814. The van der Waals surface area contributed by atoms with Crippen LogP contribution in [-0.4, -0.2) is 17.5 Å². The summed E-state index contributed by atoms with van der Waals surface area (Å²) in [5.74, 6) is 3.03. The van der Waals surface area contributed by atoms with Crippen LogP contribution < -0.4 is 0 Å². The SMILES string of the molecule is C=C(C)[C@@H]1CCC2(C=O)CC[C@]3(C)C(CCC4C3(C)CCC3C(C)(C)C(O)CC[C@@]34C)C12. The number of aliphatic hydroxyl groups is 1. The molecule has 0 radical (unpaired) electrons. The van der Waals surface area contributed by atoms with Gasteiger partial charge in [0.1, 0.15) is 6.29 Å². The number of aliphatic hydroxyl groups excluding tert-OH is 1. The Morgan fingerprint density at radius 2 is 1.56 bits per heavy atom. The van der Waals surface area contributed by atoms with Gasteiger partial charge in [-0.2, -0.15) is 0 Å². The van der Waals surface area contributed by atoms with Gasteiger partial charge in [0.15, 0.2) is 0 Å². The molecular weight excluding hydrogens is 392 g/mol. The lowest BCUT2D eigenvalue weighted by atomic mass is 9.32. The predicted molar refractivity (Wildman–Crippen MR) is 131 cm³/mol. The second-order valence-electron chi connectivity index (χ2n) is 14.4. The maximum Gasteiger partial charge on any atom is 0.126 e. The molecule has 2 heteroatoms. The summed E-state index contributed by atoms with van der Waals surface area (Å²) in [6, 6.07) is 0. The number of carbonyl (C=O) groups excluding carboxylic acids is 1. The Morgan fingerprint density at radius 1 is 0.844 bits per heavy atom. The van der Waals surface area contributed by atoms with Gasteiger partial charge in [0.2, 0.25) is 0 Å². The van der Waals surface area contributed by atoms with Gasteiger partial charge < -0.3 is 9.90 Å². The first-order chi connectivity index (χ1) is 14.9. The van der Waals surface area contributed by atoms with Crippen molar-refractivity contribution in [3.63, 3.8) is 0 Å². The van der Waals surface area contributed by atoms with Crippen molar-refractivity contribution in [1.82, 2.24) is 0 Å². The van der Waals surface area contributed by atoms with Gasteiger partial charge in [0.25, 0.3) is 0 Å². The number of fused-ring (bicyclic) bond motifs is 7. The highest BCUT2D eigenvalue weighted by molar-refractivity contribution is 5.62. The maximum atomic E-state index is 12.6. The lowest BCUT2D eigenvalue weighted by Crippen LogP contribution is -2.66. The van der Waals surface area contributed by atoms with Gasteiger partial charge in [-0.25, -0.2) is 0 Å². The van der Waals surface area contributed by atoms with Crippen LogP contribution in [0.5, 0.6) is 0 Å². The molecule has 1 N–H and O–H groups in total. The molecule has 0 aromatic rings.